The van der Waals surface area contributed by atoms with Gasteiger partial charge < -0.3 is 5.11 Å². The Bertz CT molecular complexity index is 1850. The minimum atomic E-state index is -4.47. The molecule has 0 aliphatic rings. The zero-order chi connectivity index (χ0) is 29.7. The van der Waals surface area contributed by atoms with E-state index in [1.807, 2.05) is 26.8 Å². The van der Waals surface area contributed by atoms with Gasteiger partial charge in [0.2, 0.25) is 15.7 Å². The average molecular weight is 567 g/mol. The van der Waals surface area contributed by atoms with Crippen LogP contribution in [-0.4, -0.2) is 23.1 Å². The molecule has 0 amide bonds. The van der Waals surface area contributed by atoms with Crippen molar-refractivity contribution in [1.29, 1.82) is 10.5 Å². The molecule has 41 heavy (non-hydrogen) atoms. The van der Waals surface area contributed by atoms with E-state index in [-0.39, 0.29) is 10.7 Å². The van der Waals surface area contributed by atoms with E-state index >= 15 is 0 Å². The Kier molecular flexibility index (Phi) is 8.71. The zero-order valence-corrected chi connectivity index (χ0v) is 23.9. The second kappa shape index (κ2) is 12.2. The van der Waals surface area contributed by atoms with Crippen LogP contribution >= 0.6 is 0 Å². The summed E-state index contributed by atoms with van der Waals surface area (Å²) in [6.45, 7) is 5.68. The molecule has 0 aliphatic heterocycles. The summed E-state index contributed by atoms with van der Waals surface area (Å²) in [5.74, 6) is -0.391. The molecule has 0 radical (unpaired) electrons. The number of nitriles is 2. The summed E-state index contributed by atoms with van der Waals surface area (Å²) in [5, 5.41) is 30.3. The number of nitrogens with zero attached hydrogens (tertiary/aromatic N) is 4. The molecule has 9 heteroatoms. The van der Waals surface area contributed by atoms with Crippen molar-refractivity contribution in [3.63, 3.8) is 0 Å². The molecule has 1 unspecified atom stereocenters. The van der Waals surface area contributed by atoms with Crippen molar-refractivity contribution in [2.24, 2.45) is 0 Å². The maximum absolute atomic E-state index is 13.8. The Labute approximate surface area is 239 Å². The topological polar surface area (TPSA) is 137 Å². The lowest BCUT2D eigenvalue weighted by molar-refractivity contribution is 0.358. The lowest BCUT2D eigenvalue weighted by Gasteiger charge is -2.25. The van der Waals surface area contributed by atoms with E-state index in [1.54, 1.807) is 48.5 Å². The molecule has 0 aliphatic carbocycles. The molecule has 8 nitrogen and oxygen atoms in total. The number of rotatable bonds is 9. The van der Waals surface area contributed by atoms with E-state index in [1.165, 1.54) is 16.7 Å². The van der Waals surface area contributed by atoms with Crippen molar-refractivity contribution in [3.8, 4) is 29.1 Å². The van der Waals surface area contributed by atoms with E-state index in [2.05, 4.69) is 17.1 Å². The monoisotopic (exact) mass is 566 g/mol. The van der Waals surface area contributed by atoms with Crippen molar-refractivity contribution < 1.29 is 13.5 Å². The largest absolute Gasteiger partial charge is 0.493 e. The molecule has 4 aromatic rings. The molecule has 0 spiro atoms. The number of sulfone groups is 1. The molecule has 0 saturated carbocycles. The fourth-order valence-corrected chi connectivity index (χ4v) is 6.35. The van der Waals surface area contributed by atoms with Gasteiger partial charge in [-0.2, -0.15) is 15.5 Å². The van der Waals surface area contributed by atoms with Crippen LogP contribution in [-0.2, 0) is 16.3 Å². The Morgan fingerprint density at radius 3 is 2.34 bits per heavy atom. The van der Waals surface area contributed by atoms with Crippen molar-refractivity contribution in [2.45, 2.75) is 62.3 Å². The summed E-state index contributed by atoms with van der Waals surface area (Å²) in [6, 6.07) is 21.8. The first kappa shape index (κ1) is 29.3. The fraction of sp³-hybridized carbons (Fsp3) is 0.250. The maximum Gasteiger partial charge on any atom is 0.296 e. The van der Waals surface area contributed by atoms with Gasteiger partial charge in [0, 0.05) is 6.42 Å². The van der Waals surface area contributed by atoms with Crippen LogP contribution in [0.15, 0.2) is 81.3 Å². The molecule has 1 atom stereocenters. The molecule has 0 fully saturated rings. The molecule has 1 aromatic heterocycles. The Morgan fingerprint density at radius 1 is 1.00 bits per heavy atom. The highest BCUT2D eigenvalue weighted by molar-refractivity contribution is 7.91. The summed E-state index contributed by atoms with van der Waals surface area (Å²) >= 11 is 0. The van der Waals surface area contributed by atoms with Crippen LogP contribution < -0.4 is 5.56 Å². The molecule has 0 saturated heterocycles. The van der Waals surface area contributed by atoms with Gasteiger partial charge in [-0.1, -0.05) is 56.7 Å². The molecule has 208 valence electrons. The molecular weight excluding hydrogens is 536 g/mol. The molecule has 1 N–H and O–H groups in total. The molecule has 1 heterocycles. The molecule has 0 bridgehead atoms. The lowest BCUT2D eigenvalue weighted by Crippen LogP contribution is -2.27. The number of hydrogen-bond donors (Lipinski definition) is 1. The average Bonchev–Trinajstić information content (AvgIpc) is 2.97. The van der Waals surface area contributed by atoms with E-state index in [0.717, 1.165) is 17.5 Å². The predicted octanol–water partition coefficient (Wildman–Crippen LogP) is 5.84. The summed E-state index contributed by atoms with van der Waals surface area (Å²) in [7, 11) is -4.47. The Balaban J connectivity index is 1.87. The number of aryl methyl sites for hydroxylation is 1. The Morgan fingerprint density at radius 2 is 1.71 bits per heavy atom. The van der Waals surface area contributed by atoms with E-state index in [0.29, 0.717) is 41.5 Å². The Hall–Kier alpha value is -4.73. The third-order valence-corrected chi connectivity index (χ3v) is 8.97. The first-order chi connectivity index (χ1) is 19.7. The van der Waals surface area contributed by atoms with Crippen LogP contribution in [0, 0.1) is 29.6 Å². The third kappa shape index (κ3) is 5.63. The summed E-state index contributed by atoms with van der Waals surface area (Å²) in [4.78, 5) is 16.4. The van der Waals surface area contributed by atoms with Crippen LogP contribution in [0.3, 0.4) is 0 Å². The number of benzene rings is 3. The van der Waals surface area contributed by atoms with Gasteiger partial charge in [-0.15, -0.1) is 0 Å². The van der Waals surface area contributed by atoms with Gasteiger partial charge in [-0.3, -0.25) is 9.36 Å². The first-order valence-corrected chi connectivity index (χ1v) is 14.9. The van der Waals surface area contributed by atoms with Crippen LogP contribution in [0.25, 0.3) is 11.1 Å². The summed E-state index contributed by atoms with van der Waals surface area (Å²) in [6.07, 6.45) is 2.30. The zero-order valence-electron chi connectivity index (χ0n) is 23.1. The number of aromatic nitrogens is 2. The maximum atomic E-state index is 13.8. The van der Waals surface area contributed by atoms with Gasteiger partial charge in [0.25, 0.3) is 5.56 Å². The molecule has 4 rings (SSSR count). The lowest BCUT2D eigenvalue weighted by atomic mass is 9.97. The smallest absolute Gasteiger partial charge is 0.296 e. The predicted molar refractivity (Wildman–Crippen MR) is 155 cm³/mol. The van der Waals surface area contributed by atoms with Crippen LogP contribution in [0.1, 0.15) is 67.2 Å². The first-order valence-electron chi connectivity index (χ1n) is 13.4. The highest BCUT2D eigenvalue weighted by Crippen LogP contribution is 2.34. The van der Waals surface area contributed by atoms with Crippen molar-refractivity contribution >= 4 is 9.84 Å². The normalized spacial score (nSPS) is 11.9. The highest BCUT2D eigenvalue weighted by Gasteiger charge is 2.32. The summed E-state index contributed by atoms with van der Waals surface area (Å²) < 4.78 is 29.1. The third-order valence-electron chi connectivity index (χ3n) is 7.19. The van der Waals surface area contributed by atoms with Crippen LogP contribution in [0.2, 0.25) is 0 Å². The van der Waals surface area contributed by atoms with Gasteiger partial charge in [0.05, 0.1) is 34.2 Å². The van der Waals surface area contributed by atoms with Crippen molar-refractivity contribution in [2.75, 3.05) is 0 Å². The van der Waals surface area contributed by atoms with Crippen LogP contribution in [0.5, 0.6) is 5.88 Å². The quantitative estimate of drug-likeness (QED) is 0.269. The van der Waals surface area contributed by atoms with Crippen molar-refractivity contribution in [1.82, 2.24) is 9.55 Å². The standard InChI is InChI=1S/C32H30N4O4S/c1-4-6-13-29-35-31(37)30(32(38)36(29)28(5-2)24-10-7-9-22(18-24)19-33)41(39,40)26-16-14-23(15-17-26)27-12-8-11-25(20-34)21(27)3/h7-12,14-18,28,38H,4-6,13H2,1-3H3. The SMILES string of the molecule is CCCCc1nc(=O)c(S(=O)(=O)c2ccc(-c3cccc(C#N)c3C)cc2)c(O)n1C(CC)c1cccc(C#N)c1. The molecule has 3 aromatic carbocycles. The van der Waals surface area contributed by atoms with Gasteiger partial charge in [-0.25, -0.2) is 8.42 Å². The van der Waals surface area contributed by atoms with Gasteiger partial charge in [0.15, 0.2) is 4.90 Å². The van der Waals surface area contributed by atoms with Gasteiger partial charge in [-0.05, 0) is 72.4 Å². The van der Waals surface area contributed by atoms with Crippen LogP contribution in [0.4, 0.5) is 0 Å². The van der Waals surface area contributed by atoms with Crippen molar-refractivity contribution in [3.05, 3.63) is 105 Å². The number of unbranched alkanes of at least 4 members (excludes halogenated alkanes) is 1. The second-order valence-corrected chi connectivity index (χ2v) is 11.6. The van der Waals surface area contributed by atoms with Gasteiger partial charge in [0.1, 0.15) is 5.82 Å². The van der Waals surface area contributed by atoms with E-state index in [4.69, 9.17) is 0 Å². The minimum absolute atomic E-state index is 0.170. The number of hydrogen-bond acceptors (Lipinski definition) is 7. The van der Waals surface area contributed by atoms with E-state index < -0.39 is 32.2 Å². The minimum Gasteiger partial charge on any atom is -0.493 e. The fourth-order valence-electron chi connectivity index (χ4n) is 5.01. The number of aromatic hydroxyl groups is 1. The highest BCUT2D eigenvalue weighted by atomic mass is 32.2. The second-order valence-electron chi connectivity index (χ2n) is 9.74. The molecular formula is C32H30N4O4S. The van der Waals surface area contributed by atoms with Gasteiger partial charge >= 0.3 is 0 Å². The van der Waals surface area contributed by atoms with E-state index in [9.17, 15) is 28.8 Å². The summed E-state index contributed by atoms with van der Waals surface area (Å²) in [5.41, 5.74) is 2.86.